The fraction of sp³-hybridized carbons (Fsp3) is 0.531. The SMILES string of the molecule is C=CCOC(=O)C(C1CCNCC1)N1CC/C(=C\C2=C(C(=O)O)N3C(=O)[C@@H](NC(=O)/C(=N\OC4CCCC4)c4csc(N)n4)[C@H]3SC2)C1=O. The van der Waals surface area contributed by atoms with Crippen molar-refractivity contribution in [2.24, 2.45) is 11.1 Å². The number of carboxylic acids is 1. The third-order valence-electron chi connectivity index (χ3n) is 9.32. The molecule has 4 fully saturated rings. The Labute approximate surface area is 291 Å². The van der Waals surface area contributed by atoms with Gasteiger partial charge in [-0.15, -0.1) is 23.1 Å². The molecule has 15 nitrogen and oxygen atoms in total. The first-order chi connectivity index (χ1) is 23.7. The summed E-state index contributed by atoms with van der Waals surface area (Å²) in [5, 5.41) is 21.4. The summed E-state index contributed by atoms with van der Waals surface area (Å²) in [6.45, 7) is 5.36. The van der Waals surface area contributed by atoms with Crippen LogP contribution in [-0.4, -0.2) is 111 Å². The van der Waals surface area contributed by atoms with E-state index in [4.69, 9.17) is 15.3 Å². The molecule has 0 bridgehead atoms. The number of thiazole rings is 1. The molecular formula is C32H39N7O8S2. The van der Waals surface area contributed by atoms with E-state index in [9.17, 15) is 29.1 Å². The Morgan fingerprint density at radius 1 is 1.22 bits per heavy atom. The highest BCUT2D eigenvalue weighted by molar-refractivity contribution is 8.00. The summed E-state index contributed by atoms with van der Waals surface area (Å²) in [5.74, 6) is -3.39. The largest absolute Gasteiger partial charge is 0.477 e. The van der Waals surface area contributed by atoms with Crippen LogP contribution in [0.4, 0.5) is 5.13 Å². The minimum Gasteiger partial charge on any atom is -0.477 e. The molecule has 1 aromatic rings. The molecular weight excluding hydrogens is 675 g/mol. The number of β-lactam (4-membered cyclic amide) rings is 1. The number of nitrogens with one attached hydrogen (secondary N) is 2. The van der Waals surface area contributed by atoms with Crippen LogP contribution in [0.15, 0.2) is 46.1 Å². The third-order valence-corrected chi connectivity index (χ3v) is 11.3. The second kappa shape index (κ2) is 15.1. The van der Waals surface area contributed by atoms with Crippen molar-refractivity contribution in [2.75, 3.05) is 37.7 Å². The van der Waals surface area contributed by atoms with Crippen LogP contribution in [0, 0.1) is 5.92 Å². The average molecular weight is 714 g/mol. The van der Waals surface area contributed by atoms with E-state index in [1.54, 1.807) is 5.38 Å². The Morgan fingerprint density at radius 2 is 1.98 bits per heavy atom. The van der Waals surface area contributed by atoms with Gasteiger partial charge in [-0.2, -0.15) is 0 Å². The zero-order chi connectivity index (χ0) is 34.7. The van der Waals surface area contributed by atoms with Crippen LogP contribution in [0.25, 0.3) is 0 Å². The van der Waals surface area contributed by atoms with Gasteiger partial charge in [0.2, 0.25) is 0 Å². The normalized spacial score (nSPS) is 24.9. The summed E-state index contributed by atoms with van der Waals surface area (Å²) in [6, 6.07) is -1.79. The number of amides is 3. The number of piperidine rings is 1. The van der Waals surface area contributed by atoms with Gasteiger partial charge in [0.25, 0.3) is 17.7 Å². The van der Waals surface area contributed by atoms with Gasteiger partial charge in [-0.1, -0.05) is 17.8 Å². The molecule has 0 aromatic carbocycles. The number of likely N-dealkylation sites (tertiary alicyclic amines) is 1. The van der Waals surface area contributed by atoms with Gasteiger partial charge in [0.05, 0.1) is 0 Å². The number of fused-ring (bicyclic) bond motifs is 1. The molecule has 3 amide bonds. The second-order valence-electron chi connectivity index (χ2n) is 12.4. The number of thioether (sulfide) groups is 1. The maximum absolute atomic E-state index is 13.7. The van der Waals surface area contributed by atoms with Crippen LogP contribution < -0.4 is 16.4 Å². The minimum atomic E-state index is -1.33. The van der Waals surface area contributed by atoms with Crippen molar-refractivity contribution in [3.63, 3.8) is 0 Å². The first-order valence-electron chi connectivity index (χ1n) is 16.3. The van der Waals surface area contributed by atoms with Crippen LogP contribution in [0.3, 0.4) is 0 Å². The lowest BCUT2D eigenvalue weighted by molar-refractivity contribution is -0.155. The summed E-state index contributed by atoms with van der Waals surface area (Å²) < 4.78 is 5.38. The molecule has 17 heteroatoms. The topological polar surface area (TPSA) is 206 Å². The molecule has 1 aromatic heterocycles. The van der Waals surface area contributed by atoms with Gasteiger partial charge in [0.15, 0.2) is 10.8 Å². The summed E-state index contributed by atoms with van der Waals surface area (Å²) in [6.07, 6.45) is 8.25. The molecule has 0 radical (unpaired) electrons. The summed E-state index contributed by atoms with van der Waals surface area (Å²) >= 11 is 2.41. The van der Waals surface area contributed by atoms with E-state index >= 15 is 0 Å². The molecule has 5 N–H and O–H groups in total. The third kappa shape index (κ3) is 7.23. The maximum atomic E-state index is 13.7. The molecule has 49 heavy (non-hydrogen) atoms. The number of esters is 1. The Balaban J connectivity index is 1.18. The lowest BCUT2D eigenvalue weighted by atomic mass is 9.89. The zero-order valence-corrected chi connectivity index (χ0v) is 28.4. The summed E-state index contributed by atoms with van der Waals surface area (Å²) in [5.41, 5.74) is 6.30. The number of oxime groups is 1. The number of allylic oxidation sites excluding steroid dienone is 1. The highest BCUT2D eigenvalue weighted by Crippen LogP contribution is 2.41. The second-order valence-corrected chi connectivity index (χ2v) is 14.4. The van der Waals surface area contributed by atoms with E-state index < -0.39 is 41.2 Å². The van der Waals surface area contributed by atoms with Crippen molar-refractivity contribution in [2.45, 2.75) is 68.5 Å². The van der Waals surface area contributed by atoms with Crippen LogP contribution in [0.1, 0.15) is 50.6 Å². The van der Waals surface area contributed by atoms with E-state index in [2.05, 4.69) is 27.4 Å². The molecule has 3 saturated heterocycles. The number of anilines is 1. The Hall–Kier alpha value is -4.22. The van der Waals surface area contributed by atoms with E-state index in [1.165, 1.54) is 28.8 Å². The standard InChI is InChI=1S/C32H39N7O8S2/c1-2-13-46-31(45)25(17-7-10-34-11-8-17)38-12-9-18(27(38)41)14-19-15-48-29-23(28(42)39(29)24(19)30(43)44)36-26(40)22(21-16-49-32(33)35-21)37-47-20-5-3-4-6-20/h2,14,16-17,20,23,25,29,34H,1,3-13,15H2,(H2,33,35)(H,36,40)(H,43,44)/b18-14+,37-22-/t23-,25?,29-/m1/s1. The number of nitrogens with two attached hydrogens (primary N) is 1. The van der Waals surface area contributed by atoms with Crippen molar-refractivity contribution in [3.8, 4) is 0 Å². The lowest BCUT2D eigenvalue weighted by Gasteiger charge is -2.49. The van der Waals surface area contributed by atoms with E-state index in [1.807, 2.05) is 0 Å². The Kier molecular flexibility index (Phi) is 10.7. The monoisotopic (exact) mass is 713 g/mol. The maximum Gasteiger partial charge on any atom is 0.352 e. The van der Waals surface area contributed by atoms with Gasteiger partial charge >= 0.3 is 11.9 Å². The number of carbonyl (C=O) groups is 5. The van der Waals surface area contributed by atoms with Crippen LogP contribution in [0.2, 0.25) is 0 Å². The molecule has 5 heterocycles. The number of carbonyl (C=O) groups excluding carboxylic acids is 4. The van der Waals surface area contributed by atoms with Gasteiger partial charge < -0.3 is 35.9 Å². The Bertz CT molecular complexity index is 1610. The quantitative estimate of drug-likeness (QED) is 0.0606. The number of hydrogen-bond acceptors (Lipinski definition) is 13. The number of nitrogen functional groups attached to an aromatic ring is 1. The van der Waals surface area contributed by atoms with Gasteiger partial charge in [-0.3, -0.25) is 19.3 Å². The highest BCUT2D eigenvalue weighted by atomic mass is 32.2. The first kappa shape index (κ1) is 34.6. The average Bonchev–Trinajstić information content (AvgIpc) is 3.86. The number of nitrogens with zero attached hydrogens (tertiary/aromatic N) is 4. The molecule has 1 aliphatic carbocycles. The fourth-order valence-electron chi connectivity index (χ4n) is 6.89. The Morgan fingerprint density at radius 3 is 2.65 bits per heavy atom. The number of carboxylic acid groups (broad SMARTS) is 1. The van der Waals surface area contributed by atoms with Crippen molar-refractivity contribution in [1.29, 1.82) is 0 Å². The number of hydrogen-bond donors (Lipinski definition) is 4. The molecule has 4 aliphatic heterocycles. The highest BCUT2D eigenvalue weighted by Gasteiger charge is 2.54. The lowest BCUT2D eigenvalue weighted by Crippen LogP contribution is -2.71. The van der Waals surface area contributed by atoms with E-state index in [0.717, 1.165) is 55.0 Å². The number of ether oxygens (including phenoxy) is 1. The number of aliphatic carboxylic acids is 1. The molecule has 1 saturated carbocycles. The van der Waals surface area contributed by atoms with Crippen molar-refractivity contribution in [3.05, 3.63) is 46.6 Å². The van der Waals surface area contributed by atoms with Gasteiger partial charge in [-0.05, 0) is 75.6 Å². The molecule has 3 atom stereocenters. The van der Waals surface area contributed by atoms with Crippen molar-refractivity contribution in [1.82, 2.24) is 25.4 Å². The summed E-state index contributed by atoms with van der Waals surface area (Å²) in [7, 11) is 0. The molecule has 1 unspecified atom stereocenters. The van der Waals surface area contributed by atoms with Crippen LogP contribution in [-0.2, 0) is 33.5 Å². The minimum absolute atomic E-state index is 0.0332. The zero-order valence-electron chi connectivity index (χ0n) is 26.8. The first-order valence-corrected chi connectivity index (χ1v) is 18.3. The van der Waals surface area contributed by atoms with Gasteiger partial charge in [0.1, 0.15) is 41.6 Å². The predicted molar refractivity (Wildman–Crippen MR) is 181 cm³/mol. The van der Waals surface area contributed by atoms with Gasteiger partial charge in [-0.25, -0.2) is 14.6 Å². The van der Waals surface area contributed by atoms with Gasteiger partial charge in [0, 0.05) is 23.3 Å². The van der Waals surface area contributed by atoms with Crippen molar-refractivity contribution >= 4 is 63.6 Å². The molecule has 262 valence electrons. The molecule has 6 rings (SSSR count). The van der Waals surface area contributed by atoms with Crippen molar-refractivity contribution < 1.29 is 38.7 Å². The van der Waals surface area contributed by atoms with E-state index in [-0.39, 0.29) is 59.1 Å². The van der Waals surface area contributed by atoms with Crippen LogP contribution >= 0.6 is 23.1 Å². The number of rotatable bonds is 12. The smallest absolute Gasteiger partial charge is 0.352 e. The van der Waals surface area contributed by atoms with E-state index in [0.29, 0.717) is 30.4 Å². The van der Waals surface area contributed by atoms with Crippen LogP contribution in [0.5, 0.6) is 0 Å². The fourth-order valence-corrected chi connectivity index (χ4v) is 8.74. The predicted octanol–water partition coefficient (Wildman–Crippen LogP) is 1.38. The number of aromatic nitrogens is 1. The summed E-state index contributed by atoms with van der Waals surface area (Å²) in [4.78, 5) is 78.7. The molecule has 0 spiro atoms. The molecule has 5 aliphatic rings.